The maximum absolute atomic E-state index is 11.8. The van der Waals surface area contributed by atoms with Gasteiger partial charge in [-0.3, -0.25) is 4.79 Å². The number of carbonyl (C=O) groups excluding carboxylic acids is 1. The minimum absolute atomic E-state index is 0.182. The minimum atomic E-state index is -4.38. The average molecular weight is 361 g/mol. The molecule has 1 amide bonds. The van der Waals surface area contributed by atoms with Crippen molar-refractivity contribution in [2.75, 3.05) is 18.5 Å². The Bertz CT molecular complexity index is 454. The zero-order chi connectivity index (χ0) is 14.5. The molecule has 19 heavy (non-hydrogen) atoms. The second kappa shape index (κ2) is 7.12. The predicted molar refractivity (Wildman–Crippen MR) is 69.3 cm³/mol. The molecule has 8 heteroatoms. The Morgan fingerprint density at radius 2 is 2.11 bits per heavy atom. The normalized spacial score (nSPS) is 11.4. The van der Waals surface area contributed by atoms with E-state index in [4.69, 9.17) is 11.6 Å². The number of hydrogen-bond acceptors (Lipinski definition) is 2. The Morgan fingerprint density at radius 1 is 1.42 bits per heavy atom. The molecule has 1 aromatic carbocycles. The summed E-state index contributed by atoms with van der Waals surface area (Å²) < 4.78 is 40.4. The van der Waals surface area contributed by atoms with Gasteiger partial charge in [-0.25, -0.2) is 0 Å². The summed E-state index contributed by atoms with van der Waals surface area (Å²) in [6.45, 7) is -1.67. The molecule has 0 saturated heterocycles. The summed E-state index contributed by atoms with van der Waals surface area (Å²) >= 11 is 9.06. The fraction of sp³-hybridized carbons (Fsp3) is 0.364. The van der Waals surface area contributed by atoms with Gasteiger partial charge in [-0.1, -0.05) is 27.5 Å². The Kier molecular flexibility index (Phi) is 6.09. The van der Waals surface area contributed by atoms with Crippen molar-refractivity contribution in [2.24, 2.45) is 0 Å². The van der Waals surface area contributed by atoms with Gasteiger partial charge >= 0.3 is 6.18 Å². The van der Waals surface area contributed by atoms with Gasteiger partial charge in [-0.2, -0.15) is 13.2 Å². The van der Waals surface area contributed by atoms with Gasteiger partial charge in [-0.05, 0) is 18.2 Å². The fourth-order valence-corrected chi connectivity index (χ4v) is 1.68. The maximum Gasteiger partial charge on any atom is 0.411 e. The highest BCUT2D eigenvalue weighted by atomic mass is 79.9. The molecule has 0 radical (unpaired) electrons. The number of anilines is 1. The lowest BCUT2D eigenvalue weighted by molar-refractivity contribution is -0.174. The molecule has 0 aromatic heterocycles. The van der Waals surface area contributed by atoms with Crippen LogP contribution in [-0.2, 0) is 9.53 Å². The third-order valence-corrected chi connectivity index (χ3v) is 2.76. The number of hydrogen-bond donors (Lipinski definition) is 1. The number of carbonyl (C=O) groups is 1. The van der Waals surface area contributed by atoms with Gasteiger partial charge in [0.2, 0.25) is 5.91 Å². The number of halogens is 5. The highest BCUT2D eigenvalue weighted by Crippen LogP contribution is 2.25. The zero-order valence-corrected chi connectivity index (χ0v) is 11.9. The SMILES string of the molecule is O=C(CCOCC(F)(F)F)Nc1cc(Br)ccc1Cl. The quantitative estimate of drug-likeness (QED) is 0.806. The van der Waals surface area contributed by atoms with Crippen molar-refractivity contribution in [1.29, 1.82) is 0 Å². The van der Waals surface area contributed by atoms with E-state index < -0.39 is 18.7 Å². The fourth-order valence-electron chi connectivity index (χ4n) is 1.16. The molecule has 1 aromatic rings. The summed E-state index contributed by atoms with van der Waals surface area (Å²) in [7, 11) is 0. The first kappa shape index (κ1) is 16.3. The molecule has 0 aliphatic rings. The maximum atomic E-state index is 11.8. The summed E-state index contributed by atoms with van der Waals surface area (Å²) in [6.07, 6.45) is -4.57. The van der Waals surface area contributed by atoms with Gasteiger partial charge in [0.15, 0.2) is 0 Å². The standard InChI is InChI=1S/C11H10BrClF3NO2/c12-7-1-2-8(13)9(5-7)17-10(18)3-4-19-6-11(14,15)16/h1-2,5H,3-4,6H2,(H,17,18). The molecule has 0 bridgehead atoms. The molecule has 1 N–H and O–H groups in total. The highest BCUT2D eigenvalue weighted by Gasteiger charge is 2.27. The van der Waals surface area contributed by atoms with Crippen LogP contribution in [-0.4, -0.2) is 25.3 Å². The van der Waals surface area contributed by atoms with Crippen molar-refractivity contribution >= 4 is 39.1 Å². The van der Waals surface area contributed by atoms with E-state index in [0.29, 0.717) is 10.7 Å². The molecule has 0 aliphatic carbocycles. The molecule has 0 atom stereocenters. The van der Waals surface area contributed by atoms with Gasteiger partial charge in [0.1, 0.15) is 6.61 Å². The molecule has 0 fully saturated rings. The topological polar surface area (TPSA) is 38.3 Å². The minimum Gasteiger partial charge on any atom is -0.372 e. The third-order valence-electron chi connectivity index (χ3n) is 1.94. The zero-order valence-electron chi connectivity index (χ0n) is 9.56. The summed E-state index contributed by atoms with van der Waals surface area (Å²) in [6, 6.07) is 4.88. The van der Waals surface area contributed by atoms with Crippen LogP contribution in [0.15, 0.2) is 22.7 Å². The molecular formula is C11H10BrClF3NO2. The van der Waals surface area contributed by atoms with Gasteiger partial charge in [0.25, 0.3) is 0 Å². The average Bonchev–Trinajstić information content (AvgIpc) is 2.28. The molecule has 0 heterocycles. The highest BCUT2D eigenvalue weighted by molar-refractivity contribution is 9.10. The first-order chi connectivity index (χ1) is 8.78. The number of benzene rings is 1. The van der Waals surface area contributed by atoms with Crippen molar-refractivity contribution in [3.8, 4) is 0 Å². The van der Waals surface area contributed by atoms with Crippen LogP contribution < -0.4 is 5.32 Å². The van der Waals surface area contributed by atoms with Gasteiger partial charge in [0, 0.05) is 4.47 Å². The van der Waals surface area contributed by atoms with Crippen LogP contribution in [0.1, 0.15) is 6.42 Å². The summed E-state index contributed by atoms with van der Waals surface area (Å²) in [4.78, 5) is 11.5. The van der Waals surface area contributed by atoms with E-state index in [0.717, 1.165) is 4.47 Å². The molecule has 0 unspecified atom stereocenters. The van der Waals surface area contributed by atoms with Gasteiger partial charge in [0.05, 0.1) is 23.7 Å². The van der Waals surface area contributed by atoms with Crippen molar-refractivity contribution in [3.63, 3.8) is 0 Å². The Morgan fingerprint density at radius 3 is 2.74 bits per heavy atom. The molecule has 106 valence electrons. The molecule has 0 aliphatic heterocycles. The first-order valence-corrected chi connectivity index (χ1v) is 6.34. The van der Waals surface area contributed by atoms with E-state index in [1.165, 1.54) is 0 Å². The van der Waals surface area contributed by atoms with Crippen LogP contribution in [0, 0.1) is 0 Å². The molecular weight excluding hydrogens is 350 g/mol. The van der Waals surface area contributed by atoms with E-state index in [2.05, 4.69) is 26.0 Å². The lowest BCUT2D eigenvalue weighted by Gasteiger charge is -2.09. The predicted octanol–water partition coefficient (Wildman–Crippen LogP) is 4.01. The summed E-state index contributed by atoms with van der Waals surface area (Å²) in [5.74, 6) is -0.470. The van der Waals surface area contributed by atoms with Crippen LogP contribution in [0.4, 0.5) is 18.9 Å². The monoisotopic (exact) mass is 359 g/mol. The molecule has 0 saturated carbocycles. The number of alkyl halides is 3. The van der Waals surface area contributed by atoms with Gasteiger partial charge < -0.3 is 10.1 Å². The van der Waals surface area contributed by atoms with Crippen LogP contribution in [0.2, 0.25) is 5.02 Å². The second-order valence-corrected chi connectivity index (χ2v) is 4.91. The number of amides is 1. The second-order valence-electron chi connectivity index (χ2n) is 3.59. The van der Waals surface area contributed by atoms with Gasteiger partial charge in [-0.15, -0.1) is 0 Å². The molecule has 3 nitrogen and oxygen atoms in total. The lowest BCUT2D eigenvalue weighted by atomic mass is 10.3. The van der Waals surface area contributed by atoms with Crippen LogP contribution in [0.3, 0.4) is 0 Å². The number of ether oxygens (including phenoxy) is 1. The Labute approximate surface area is 121 Å². The summed E-state index contributed by atoms with van der Waals surface area (Å²) in [5, 5.41) is 2.83. The number of nitrogens with one attached hydrogen (secondary N) is 1. The van der Waals surface area contributed by atoms with E-state index in [9.17, 15) is 18.0 Å². The van der Waals surface area contributed by atoms with Crippen molar-refractivity contribution < 1.29 is 22.7 Å². The van der Waals surface area contributed by atoms with E-state index in [1.807, 2.05) is 0 Å². The van der Waals surface area contributed by atoms with Crippen molar-refractivity contribution in [3.05, 3.63) is 27.7 Å². The Balaban J connectivity index is 2.37. The van der Waals surface area contributed by atoms with Crippen LogP contribution in [0.5, 0.6) is 0 Å². The van der Waals surface area contributed by atoms with E-state index in [-0.39, 0.29) is 13.0 Å². The smallest absolute Gasteiger partial charge is 0.372 e. The van der Waals surface area contributed by atoms with Crippen molar-refractivity contribution in [1.82, 2.24) is 0 Å². The summed E-state index contributed by atoms with van der Waals surface area (Å²) in [5.41, 5.74) is 0.386. The lowest BCUT2D eigenvalue weighted by Crippen LogP contribution is -2.20. The van der Waals surface area contributed by atoms with Crippen LogP contribution in [0.25, 0.3) is 0 Å². The first-order valence-electron chi connectivity index (χ1n) is 5.17. The van der Waals surface area contributed by atoms with E-state index >= 15 is 0 Å². The van der Waals surface area contributed by atoms with Crippen molar-refractivity contribution in [2.45, 2.75) is 12.6 Å². The van der Waals surface area contributed by atoms with Crippen LogP contribution >= 0.6 is 27.5 Å². The Hall–Kier alpha value is -0.790. The third kappa shape index (κ3) is 6.79. The number of rotatable bonds is 5. The molecule has 0 spiro atoms. The van der Waals surface area contributed by atoms with E-state index in [1.54, 1.807) is 18.2 Å². The largest absolute Gasteiger partial charge is 0.411 e. The molecule has 1 rings (SSSR count).